The van der Waals surface area contributed by atoms with Gasteiger partial charge in [-0.25, -0.2) is 0 Å². The van der Waals surface area contributed by atoms with E-state index in [4.69, 9.17) is 4.52 Å². The third kappa shape index (κ3) is 1.45. The Kier molecular flexibility index (Phi) is 2.09. The molecule has 0 amide bonds. The molecule has 16 heavy (non-hydrogen) atoms. The molecule has 2 aromatic rings. The molecular weight excluding hydrogens is 202 g/mol. The van der Waals surface area contributed by atoms with Crippen LogP contribution in [0.3, 0.4) is 0 Å². The van der Waals surface area contributed by atoms with Crippen LogP contribution in [0.2, 0.25) is 0 Å². The van der Waals surface area contributed by atoms with Crippen molar-refractivity contribution < 1.29 is 4.52 Å². The molecule has 1 N–H and O–H groups in total. The van der Waals surface area contributed by atoms with Gasteiger partial charge >= 0.3 is 0 Å². The van der Waals surface area contributed by atoms with Crippen LogP contribution < -0.4 is 0 Å². The molecule has 84 valence electrons. The lowest BCUT2D eigenvalue weighted by molar-refractivity contribution is 0.376. The number of aromatic amines is 1. The van der Waals surface area contributed by atoms with Crippen molar-refractivity contribution in [2.24, 2.45) is 0 Å². The van der Waals surface area contributed by atoms with Crippen molar-refractivity contribution in [1.82, 2.24) is 15.4 Å². The molecule has 2 heterocycles. The van der Waals surface area contributed by atoms with Gasteiger partial charge in [-0.15, -0.1) is 0 Å². The smallest absolute Gasteiger partial charge is 0.148 e. The number of aromatic nitrogens is 3. The number of H-pyrrole nitrogens is 1. The molecule has 1 saturated carbocycles. The molecular formula is C12H15N3O. The van der Waals surface area contributed by atoms with E-state index < -0.39 is 0 Å². The van der Waals surface area contributed by atoms with E-state index in [2.05, 4.69) is 29.2 Å². The Hall–Kier alpha value is -1.58. The average Bonchev–Trinajstić information content (AvgIpc) is 2.82. The van der Waals surface area contributed by atoms with Gasteiger partial charge in [-0.2, -0.15) is 5.10 Å². The summed E-state index contributed by atoms with van der Waals surface area (Å²) in [4.78, 5) is 0. The summed E-state index contributed by atoms with van der Waals surface area (Å²) in [7, 11) is 0. The first-order valence-corrected chi connectivity index (χ1v) is 5.76. The molecule has 0 aliphatic heterocycles. The quantitative estimate of drug-likeness (QED) is 0.859. The van der Waals surface area contributed by atoms with Crippen molar-refractivity contribution in [1.29, 1.82) is 0 Å². The third-order valence-corrected chi connectivity index (χ3v) is 3.03. The summed E-state index contributed by atoms with van der Waals surface area (Å²) in [5.74, 6) is 2.00. The lowest BCUT2D eigenvalue weighted by Crippen LogP contribution is -1.91. The Bertz CT molecular complexity index is 461. The lowest BCUT2D eigenvalue weighted by Gasteiger charge is -2.03. The minimum Gasteiger partial charge on any atom is -0.360 e. The van der Waals surface area contributed by atoms with Gasteiger partial charge in [0.1, 0.15) is 5.76 Å². The largest absolute Gasteiger partial charge is 0.360 e. The van der Waals surface area contributed by atoms with E-state index in [-0.39, 0.29) is 0 Å². The van der Waals surface area contributed by atoms with Gasteiger partial charge in [-0.1, -0.05) is 19.0 Å². The minimum absolute atomic E-state index is 0.376. The van der Waals surface area contributed by atoms with Crippen LogP contribution in [0, 0.1) is 0 Å². The van der Waals surface area contributed by atoms with E-state index in [1.807, 2.05) is 12.4 Å². The molecule has 0 unspecified atom stereocenters. The summed E-state index contributed by atoms with van der Waals surface area (Å²) in [6.45, 7) is 4.27. The van der Waals surface area contributed by atoms with E-state index in [1.165, 1.54) is 12.8 Å². The lowest BCUT2D eigenvalue weighted by atomic mass is 9.98. The van der Waals surface area contributed by atoms with E-state index in [0.717, 1.165) is 22.6 Å². The van der Waals surface area contributed by atoms with Crippen LogP contribution in [-0.2, 0) is 0 Å². The SMILES string of the molecule is CC(C)c1noc(C2CC2)c1-c1cn[nH]c1. The molecule has 0 radical (unpaired) electrons. The molecule has 3 rings (SSSR count). The van der Waals surface area contributed by atoms with Crippen LogP contribution in [0.15, 0.2) is 16.9 Å². The van der Waals surface area contributed by atoms with E-state index >= 15 is 0 Å². The van der Waals surface area contributed by atoms with Gasteiger partial charge < -0.3 is 4.52 Å². The van der Waals surface area contributed by atoms with Crippen LogP contribution in [0.4, 0.5) is 0 Å². The zero-order chi connectivity index (χ0) is 11.1. The summed E-state index contributed by atoms with van der Waals surface area (Å²) in [6.07, 6.45) is 6.18. The first kappa shape index (κ1) is 9.63. The Morgan fingerprint density at radius 1 is 1.44 bits per heavy atom. The molecule has 0 aromatic carbocycles. The summed E-state index contributed by atoms with van der Waals surface area (Å²) < 4.78 is 5.51. The van der Waals surface area contributed by atoms with Crippen LogP contribution in [-0.4, -0.2) is 15.4 Å². The number of hydrogen-bond acceptors (Lipinski definition) is 3. The fourth-order valence-electron chi connectivity index (χ4n) is 2.01. The molecule has 4 heteroatoms. The molecule has 0 spiro atoms. The van der Waals surface area contributed by atoms with Gasteiger partial charge in [-0.3, -0.25) is 5.10 Å². The number of rotatable bonds is 3. The minimum atomic E-state index is 0.376. The van der Waals surface area contributed by atoms with Gasteiger partial charge in [0.05, 0.1) is 17.5 Å². The molecule has 0 bridgehead atoms. The first-order chi connectivity index (χ1) is 7.77. The van der Waals surface area contributed by atoms with Crippen molar-refractivity contribution >= 4 is 0 Å². The summed E-state index contributed by atoms with van der Waals surface area (Å²) >= 11 is 0. The van der Waals surface area contributed by atoms with Crippen molar-refractivity contribution in [3.63, 3.8) is 0 Å². The Labute approximate surface area is 94.0 Å². The molecule has 1 aliphatic rings. The predicted octanol–water partition coefficient (Wildman–Crippen LogP) is 3.07. The maximum absolute atomic E-state index is 5.51. The van der Waals surface area contributed by atoms with Gasteiger partial charge in [0, 0.05) is 17.7 Å². The van der Waals surface area contributed by atoms with E-state index in [9.17, 15) is 0 Å². The fraction of sp³-hybridized carbons (Fsp3) is 0.500. The monoisotopic (exact) mass is 217 g/mol. The van der Waals surface area contributed by atoms with Gasteiger partial charge in [0.25, 0.3) is 0 Å². The summed E-state index contributed by atoms with van der Waals surface area (Å²) in [5.41, 5.74) is 3.29. The number of nitrogens with zero attached hydrogens (tertiary/aromatic N) is 2. The highest BCUT2D eigenvalue weighted by Gasteiger charge is 2.33. The Morgan fingerprint density at radius 2 is 2.25 bits per heavy atom. The van der Waals surface area contributed by atoms with Crippen LogP contribution in [0.5, 0.6) is 0 Å². The normalized spacial score (nSPS) is 15.9. The van der Waals surface area contributed by atoms with E-state index in [0.29, 0.717) is 11.8 Å². The molecule has 0 atom stereocenters. The second kappa shape index (κ2) is 3.47. The fourth-order valence-corrected chi connectivity index (χ4v) is 2.01. The maximum Gasteiger partial charge on any atom is 0.148 e. The predicted molar refractivity (Wildman–Crippen MR) is 60.1 cm³/mol. The highest BCUT2D eigenvalue weighted by atomic mass is 16.5. The van der Waals surface area contributed by atoms with Crippen molar-refractivity contribution in [3.05, 3.63) is 23.8 Å². The van der Waals surface area contributed by atoms with Crippen molar-refractivity contribution in [2.45, 2.75) is 38.5 Å². The Morgan fingerprint density at radius 3 is 2.81 bits per heavy atom. The van der Waals surface area contributed by atoms with Gasteiger partial charge in [-0.05, 0) is 18.8 Å². The molecule has 4 nitrogen and oxygen atoms in total. The molecule has 2 aromatic heterocycles. The second-order valence-corrected chi connectivity index (χ2v) is 4.72. The molecule has 0 saturated heterocycles. The topological polar surface area (TPSA) is 54.7 Å². The Balaban J connectivity index is 2.14. The van der Waals surface area contributed by atoms with Gasteiger partial charge in [0.2, 0.25) is 0 Å². The van der Waals surface area contributed by atoms with Crippen LogP contribution in [0.1, 0.15) is 50.0 Å². The van der Waals surface area contributed by atoms with E-state index in [1.54, 1.807) is 0 Å². The summed E-state index contributed by atoms with van der Waals surface area (Å²) in [5, 5.41) is 11.1. The molecule has 1 fully saturated rings. The number of nitrogens with one attached hydrogen (secondary N) is 1. The summed E-state index contributed by atoms with van der Waals surface area (Å²) in [6, 6.07) is 0. The van der Waals surface area contributed by atoms with Crippen molar-refractivity contribution in [2.75, 3.05) is 0 Å². The number of hydrogen-bond donors (Lipinski definition) is 1. The zero-order valence-electron chi connectivity index (χ0n) is 9.53. The van der Waals surface area contributed by atoms with Gasteiger partial charge in [0.15, 0.2) is 0 Å². The second-order valence-electron chi connectivity index (χ2n) is 4.72. The third-order valence-electron chi connectivity index (χ3n) is 3.03. The molecule has 1 aliphatic carbocycles. The first-order valence-electron chi connectivity index (χ1n) is 5.76. The van der Waals surface area contributed by atoms with Crippen LogP contribution in [0.25, 0.3) is 11.1 Å². The standard InChI is InChI=1S/C12H15N3O/c1-7(2)11-10(9-5-13-14-6-9)12(16-15-11)8-3-4-8/h5-8H,3-4H2,1-2H3,(H,13,14). The maximum atomic E-state index is 5.51. The highest BCUT2D eigenvalue weighted by molar-refractivity contribution is 5.68. The average molecular weight is 217 g/mol. The van der Waals surface area contributed by atoms with Crippen molar-refractivity contribution in [3.8, 4) is 11.1 Å². The zero-order valence-corrected chi connectivity index (χ0v) is 9.53. The van der Waals surface area contributed by atoms with Crippen LogP contribution >= 0.6 is 0 Å². The highest BCUT2D eigenvalue weighted by Crippen LogP contribution is 2.46.